The number of nitrogens with one attached hydrogen (secondary N) is 1. The summed E-state index contributed by atoms with van der Waals surface area (Å²) < 4.78 is 5.81. The van der Waals surface area contributed by atoms with Crippen LogP contribution in [0.15, 0.2) is 40.8 Å². The number of aryl methyl sites for hydroxylation is 1. The van der Waals surface area contributed by atoms with Gasteiger partial charge in [-0.2, -0.15) is 0 Å². The van der Waals surface area contributed by atoms with E-state index in [0.717, 1.165) is 11.1 Å². The minimum atomic E-state index is -0.477. The second kappa shape index (κ2) is 5.95. The van der Waals surface area contributed by atoms with Crippen molar-refractivity contribution in [2.75, 3.05) is 5.32 Å². The van der Waals surface area contributed by atoms with Gasteiger partial charge in [0.1, 0.15) is 5.52 Å². The molecule has 0 atom stereocenters. The van der Waals surface area contributed by atoms with Crippen molar-refractivity contribution >= 4 is 34.3 Å². The van der Waals surface area contributed by atoms with Crippen LogP contribution in [0.4, 0.5) is 5.69 Å². The van der Waals surface area contributed by atoms with Crippen LogP contribution in [0.1, 0.15) is 26.3 Å². The number of benzene rings is 2. The van der Waals surface area contributed by atoms with Crippen molar-refractivity contribution in [3.05, 3.63) is 47.0 Å². The van der Waals surface area contributed by atoms with Crippen LogP contribution in [0.2, 0.25) is 5.02 Å². The normalized spacial score (nSPS) is 11.7. The number of halogens is 1. The average molecular weight is 343 g/mol. The average Bonchev–Trinajstić information content (AvgIpc) is 2.90. The van der Waals surface area contributed by atoms with E-state index in [0.29, 0.717) is 27.7 Å². The van der Waals surface area contributed by atoms with Gasteiger partial charge in [0.2, 0.25) is 11.8 Å². The molecule has 0 spiro atoms. The molecule has 0 fully saturated rings. The molecule has 0 unspecified atom stereocenters. The lowest BCUT2D eigenvalue weighted by molar-refractivity contribution is -0.123. The summed E-state index contributed by atoms with van der Waals surface area (Å²) in [6.45, 7) is 7.59. The fourth-order valence-corrected chi connectivity index (χ4v) is 2.44. The largest absolute Gasteiger partial charge is 0.436 e. The third kappa shape index (κ3) is 3.29. The van der Waals surface area contributed by atoms with Gasteiger partial charge in [-0.25, -0.2) is 4.98 Å². The SMILES string of the molecule is Cc1ccc2oc(-c3cc(NC(=O)C(C)(C)C)ccc3Cl)nc2c1. The van der Waals surface area contributed by atoms with Crippen LogP contribution in [0, 0.1) is 12.3 Å². The number of rotatable bonds is 2. The molecular weight excluding hydrogens is 324 g/mol. The van der Waals surface area contributed by atoms with Crippen molar-refractivity contribution < 1.29 is 9.21 Å². The zero-order valence-corrected chi connectivity index (χ0v) is 14.9. The zero-order chi connectivity index (χ0) is 17.5. The molecule has 0 aliphatic rings. The summed E-state index contributed by atoms with van der Waals surface area (Å²) in [7, 11) is 0. The van der Waals surface area contributed by atoms with Crippen molar-refractivity contribution in [2.45, 2.75) is 27.7 Å². The topological polar surface area (TPSA) is 55.1 Å². The van der Waals surface area contributed by atoms with Gasteiger partial charge in [0.15, 0.2) is 5.58 Å². The van der Waals surface area contributed by atoms with Crippen LogP contribution in [0.3, 0.4) is 0 Å². The Balaban J connectivity index is 2.00. The zero-order valence-electron chi connectivity index (χ0n) is 14.1. The van der Waals surface area contributed by atoms with E-state index in [9.17, 15) is 4.79 Å². The van der Waals surface area contributed by atoms with Crippen LogP contribution in [-0.2, 0) is 4.79 Å². The highest BCUT2D eigenvalue weighted by molar-refractivity contribution is 6.33. The van der Waals surface area contributed by atoms with E-state index in [1.54, 1.807) is 18.2 Å². The van der Waals surface area contributed by atoms with Crippen LogP contribution in [0.5, 0.6) is 0 Å². The first-order valence-electron chi connectivity index (χ1n) is 7.72. The first-order chi connectivity index (χ1) is 11.2. The van der Waals surface area contributed by atoms with Crippen molar-refractivity contribution in [2.24, 2.45) is 5.41 Å². The summed E-state index contributed by atoms with van der Waals surface area (Å²) in [5.41, 5.74) is 3.43. The van der Waals surface area contributed by atoms with Gasteiger partial charge in [-0.1, -0.05) is 38.4 Å². The van der Waals surface area contributed by atoms with Crippen LogP contribution >= 0.6 is 11.6 Å². The van der Waals surface area contributed by atoms with Gasteiger partial charge in [0.25, 0.3) is 0 Å². The molecule has 0 bridgehead atoms. The van der Waals surface area contributed by atoms with Crippen molar-refractivity contribution in [1.29, 1.82) is 0 Å². The number of hydrogen-bond acceptors (Lipinski definition) is 3. The summed E-state index contributed by atoms with van der Waals surface area (Å²) in [5, 5.41) is 3.42. The van der Waals surface area contributed by atoms with Gasteiger partial charge < -0.3 is 9.73 Å². The number of fused-ring (bicyclic) bond motifs is 1. The maximum atomic E-state index is 12.2. The smallest absolute Gasteiger partial charge is 0.229 e. The fraction of sp³-hybridized carbons (Fsp3) is 0.263. The van der Waals surface area contributed by atoms with Crippen molar-refractivity contribution in [1.82, 2.24) is 4.98 Å². The second-order valence-electron chi connectivity index (χ2n) is 6.89. The molecule has 1 N–H and O–H groups in total. The minimum absolute atomic E-state index is 0.0658. The Morgan fingerprint density at radius 1 is 1.17 bits per heavy atom. The number of carbonyl (C=O) groups excluding carboxylic acids is 1. The van der Waals surface area contributed by atoms with E-state index in [1.165, 1.54) is 0 Å². The summed E-state index contributed by atoms with van der Waals surface area (Å²) in [6.07, 6.45) is 0. The molecule has 1 amide bonds. The van der Waals surface area contributed by atoms with Gasteiger partial charge in [0, 0.05) is 11.1 Å². The van der Waals surface area contributed by atoms with E-state index in [1.807, 2.05) is 45.9 Å². The first kappa shape index (κ1) is 16.5. The lowest BCUT2D eigenvalue weighted by Crippen LogP contribution is -2.27. The number of hydrogen-bond donors (Lipinski definition) is 1. The molecule has 0 aliphatic heterocycles. The highest BCUT2D eigenvalue weighted by atomic mass is 35.5. The van der Waals surface area contributed by atoms with E-state index >= 15 is 0 Å². The molecule has 0 saturated heterocycles. The number of anilines is 1. The lowest BCUT2D eigenvalue weighted by atomic mass is 9.95. The van der Waals surface area contributed by atoms with Crippen LogP contribution < -0.4 is 5.32 Å². The van der Waals surface area contributed by atoms with E-state index in [-0.39, 0.29) is 5.91 Å². The highest BCUT2D eigenvalue weighted by Gasteiger charge is 2.22. The Kier molecular flexibility index (Phi) is 4.10. The molecule has 24 heavy (non-hydrogen) atoms. The predicted molar refractivity (Wildman–Crippen MR) is 97.3 cm³/mol. The number of oxazole rings is 1. The maximum absolute atomic E-state index is 12.2. The highest BCUT2D eigenvalue weighted by Crippen LogP contribution is 2.33. The molecule has 3 aromatic rings. The van der Waals surface area contributed by atoms with Gasteiger partial charge in [-0.15, -0.1) is 0 Å². The Hall–Kier alpha value is -2.33. The maximum Gasteiger partial charge on any atom is 0.229 e. The number of carbonyl (C=O) groups is 1. The molecule has 124 valence electrons. The van der Waals surface area contributed by atoms with Crippen LogP contribution in [0.25, 0.3) is 22.6 Å². The standard InChI is InChI=1S/C19H19ClN2O2/c1-11-5-8-16-15(9-11)22-17(24-16)13-10-12(6-7-14(13)20)21-18(23)19(2,3)4/h5-10H,1-4H3,(H,21,23). The van der Waals surface area contributed by atoms with Crippen LogP contribution in [-0.4, -0.2) is 10.9 Å². The minimum Gasteiger partial charge on any atom is -0.436 e. The van der Waals surface area contributed by atoms with E-state index in [4.69, 9.17) is 16.0 Å². The molecule has 1 heterocycles. The molecule has 0 radical (unpaired) electrons. The quantitative estimate of drug-likeness (QED) is 0.674. The van der Waals surface area contributed by atoms with E-state index < -0.39 is 5.41 Å². The molecule has 5 heteroatoms. The number of amides is 1. The Morgan fingerprint density at radius 3 is 2.62 bits per heavy atom. The Morgan fingerprint density at radius 2 is 1.92 bits per heavy atom. The summed E-state index contributed by atoms with van der Waals surface area (Å²) in [4.78, 5) is 16.7. The number of aromatic nitrogens is 1. The van der Waals surface area contributed by atoms with Gasteiger partial charge in [0.05, 0.1) is 10.6 Å². The summed E-state index contributed by atoms with van der Waals surface area (Å²) in [5.74, 6) is 0.372. The molecule has 2 aromatic carbocycles. The fourth-order valence-electron chi connectivity index (χ4n) is 2.24. The first-order valence-corrected chi connectivity index (χ1v) is 8.10. The molecule has 1 aromatic heterocycles. The third-order valence-corrected chi connectivity index (χ3v) is 4.01. The van der Waals surface area contributed by atoms with Gasteiger partial charge in [-0.05, 0) is 42.8 Å². The summed E-state index contributed by atoms with van der Waals surface area (Å²) in [6, 6.07) is 11.1. The molecular formula is C19H19ClN2O2. The second-order valence-corrected chi connectivity index (χ2v) is 7.30. The monoisotopic (exact) mass is 342 g/mol. The molecule has 4 nitrogen and oxygen atoms in total. The van der Waals surface area contributed by atoms with Gasteiger partial charge in [-0.3, -0.25) is 4.79 Å². The molecule has 0 saturated carbocycles. The lowest BCUT2D eigenvalue weighted by Gasteiger charge is -2.18. The summed E-state index contributed by atoms with van der Waals surface area (Å²) >= 11 is 6.30. The van der Waals surface area contributed by atoms with Gasteiger partial charge >= 0.3 is 0 Å². The predicted octanol–water partition coefficient (Wildman–Crippen LogP) is 5.44. The van der Waals surface area contributed by atoms with Crippen molar-refractivity contribution in [3.8, 4) is 11.5 Å². The molecule has 3 rings (SSSR count). The third-order valence-electron chi connectivity index (χ3n) is 3.68. The Bertz CT molecular complexity index is 923. The Labute approximate surface area is 145 Å². The van der Waals surface area contributed by atoms with E-state index in [2.05, 4.69) is 10.3 Å². The molecule has 0 aliphatic carbocycles. The number of nitrogens with zero attached hydrogens (tertiary/aromatic N) is 1. The van der Waals surface area contributed by atoms with Crippen molar-refractivity contribution in [3.63, 3.8) is 0 Å².